The summed E-state index contributed by atoms with van der Waals surface area (Å²) in [5.74, 6) is -0.536. The van der Waals surface area contributed by atoms with Gasteiger partial charge in [-0.15, -0.1) is 11.8 Å². The SMILES string of the molecule is Cn1cnc(S(=O)(=O)N2C(C(=O)O)CSC2C2CC2)c1. The molecule has 2 atom stereocenters. The molecule has 1 aliphatic carbocycles. The number of carbonyl (C=O) groups is 1. The maximum Gasteiger partial charge on any atom is 0.322 e. The molecule has 7 nitrogen and oxygen atoms in total. The maximum atomic E-state index is 12.7. The lowest BCUT2D eigenvalue weighted by Crippen LogP contribution is -2.46. The summed E-state index contributed by atoms with van der Waals surface area (Å²) in [5.41, 5.74) is 0. The first-order valence-electron chi connectivity index (χ1n) is 6.27. The van der Waals surface area contributed by atoms with Gasteiger partial charge in [0.1, 0.15) is 6.04 Å². The number of hydrogen-bond acceptors (Lipinski definition) is 5. The Morgan fingerprint density at radius 1 is 1.50 bits per heavy atom. The largest absolute Gasteiger partial charge is 0.480 e. The van der Waals surface area contributed by atoms with Crippen molar-refractivity contribution in [2.75, 3.05) is 5.75 Å². The molecule has 2 fully saturated rings. The van der Waals surface area contributed by atoms with E-state index in [9.17, 15) is 18.3 Å². The van der Waals surface area contributed by atoms with E-state index in [4.69, 9.17) is 0 Å². The lowest BCUT2D eigenvalue weighted by atomic mass is 10.3. The molecule has 110 valence electrons. The molecule has 1 aromatic heterocycles. The van der Waals surface area contributed by atoms with Gasteiger partial charge in [0.05, 0.1) is 11.7 Å². The van der Waals surface area contributed by atoms with Crippen molar-refractivity contribution in [2.24, 2.45) is 13.0 Å². The highest BCUT2D eigenvalue weighted by atomic mass is 32.2. The number of imidazole rings is 1. The van der Waals surface area contributed by atoms with E-state index in [0.29, 0.717) is 5.75 Å². The van der Waals surface area contributed by atoms with Crippen LogP contribution in [0.4, 0.5) is 0 Å². The molecule has 9 heteroatoms. The van der Waals surface area contributed by atoms with Crippen molar-refractivity contribution in [3.8, 4) is 0 Å². The number of sulfonamides is 1. The van der Waals surface area contributed by atoms with E-state index in [0.717, 1.165) is 17.1 Å². The molecule has 2 unspecified atom stereocenters. The fourth-order valence-electron chi connectivity index (χ4n) is 2.35. The maximum absolute atomic E-state index is 12.7. The minimum absolute atomic E-state index is 0.0839. The van der Waals surface area contributed by atoms with E-state index in [1.54, 1.807) is 7.05 Å². The van der Waals surface area contributed by atoms with Gasteiger partial charge in [-0.05, 0) is 18.8 Å². The minimum Gasteiger partial charge on any atom is -0.480 e. The monoisotopic (exact) mass is 317 g/mol. The van der Waals surface area contributed by atoms with Gasteiger partial charge in [-0.3, -0.25) is 4.79 Å². The average Bonchev–Trinajstić information content (AvgIpc) is 2.95. The van der Waals surface area contributed by atoms with Gasteiger partial charge in [0.2, 0.25) is 0 Å². The van der Waals surface area contributed by atoms with Crippen molar-refractivity contribution in [3.63, 3.8) is 0 Å². The van der Waals surface area contributed by atoms with E-state index < -0.39 is 22.0 Å². The third-order valence-corrected chi connectivity index (χ3v) is 6.89. The van der Waals surface area contributed by atoms with Crippen LogP contribution in [0, 0.1) is 5.92 Å². The molecule has 1 aromatic rings. The number of aryl methyl sites for hydroxylation is 1. The molecule has 1 N–H and O–H groups in total. The number of thioether (sulfide) groups is 1. The van der Waals surface area contributed by atoms with Crippen LogP contribution in [0.3, 0.4) is 0 Å². The zero-order chi connectivity index (χ0) is 14.5. The number of carboxylic acid groups (broad SMARTS) is 1. The predicted octanol–water partition coefficient (Wildman–Crippen LogP) is 0.347. The van der Waals surface area contributed by atoms with E-state index >= 15 is 0 Å². The fraction of sp³-hybridized carbons (Fsp3) is 0.636. The highest BCUT2D eigenvalue weighted by Crippen LogP contribution is 2.47. The molecule has 0 bridgehead atoms. The molecular formula is C11H15N3O4S2. The lowest BCUT2D eigenvalue weighted by Gasteiger charge is -2.25. The molecule has 1 saturated carbocycles. The van der Waals surface area contributed by atoms with Crippen molar-refractivity contribution in [1.29, 1.82) is 0 Å². The molecule has 3 rings (SSSR count). The summed E-state index contributed by atoms with van der Waals surface area (Å²) in [5, 5.41) is 8.92. The molecule has 0 amide bonds. The molecule has 2 heterocycles. The minimum atomic E-state index is -3.87. The predicted molar refractivity (Wildman–Crippen MR) is 72.6 cm³/mol. The molecule has 0 radical (unpaired) electrons. The highest BCUT2D eigenvalue weighted by Gasteiger charge is 2.52. The van der Waals surface area contributed by atoms with Crippen LogP contribution < -0.4 is 0 Å². The number of aromatic nitrogens is 2. The lowest BCUT2D eigenvalue weighted by molar-refractivity contribution is -0.140. The van der Waals surface area contributed by atoms with Crippen LogP contribution in [-0.2, 0) is 21.9 Å². The van der Waals surface area contributed by atoms with E-state index in [1.165, 1.54) is 28.9 Å². The van der Waals surface area contributed by atoms with Crippen LogP contribution >= 0.6 is 11.8 Å². The van der Waals surface area contributed by atoms with Gasteiger partial charge in [-0.1, -0.05) is 0 Å². The Labute approximate surface area is 121 Å². The second-order valence-electron chi connectivity index (χ2n) is 5.13. The summed E-state index contributed by atoms with van der Waals surface area (Å²) < 4.78 is 28.0. The Morgan fingerprint density at radius 2 is 2.20 bits per heavy atom. The van der Waals surface area contributed by atoms with Gasteiger partial charge >= 0.3 is 5.97 Å². The van der Waals surface area contributed by atoms with E-state index in [2.05, 4.69) is 4.98 Å². The normalized spacial score (nSPS) is 27.9. The number of rotatable bonds is 4. The van der Waals surface area contributed by atoms with Gasteiger partial charge in [0.25, 0.3) is 10.0 Å². The van der Waals surface area contributed by atoms with Crippen LogP contribution in [0.15, 0.2) is 17.6 Å². The second kappa shape index (κ2) is 4.74. The van der Waals surface area contributed by atoms with Crippen molar-refractivity contribution in [3.05, 3.63) is 12.5 Å². The molecule has 20 heavy (non-hydrogen) atoms. The van der Waals surface area contributed by atoms with Crippen molar-refractivity contribution < 1.29 is 18.3 Å². The van der Waals surface area contributed by atoms with E-state index in [-0.39, 0.29) is 16.3 Å². The average molecular weight is 317 g/mol. The molecule has 1 saturated heterocycles. The Bertz CT molecular complexity index is 638. The highest BCUT2D eigenvalue weighted by molar-refractivity contribution is 8.01. The number of hydrogen-bond donors (Lipinski definition) is 1. The third-order valence-electron chi connectivity index (χ3n) is 3.52. The molecule has 0 aromatic carbocycles. The standard InChI is InChI=1S/C11H15N3O4S2/c1-13-4-9(12-6-13)20(17,18)14-8(11(15)16)5-19-10(14)7-2-3-7/h4,6-8,10H,2-3,5H2,1H3,(H,15,16). The van der Waals surface area contributed by atoms with Crippen molar-refractivity contribution in [1.82, 2.24) is 13.9 Å². The summed E-state index contributed by atoms with van der Waals surface area (Å²) in [6, 6.07) is -1.00. The summed E-state index contributed by atoms with van der Waals surface area (Å²) in [4.78, 5) is 15.2. The Kier molecular flexibility index (Phi) is 3.30. The molecule has 2 aliphatic rings. The fourth-order valence-corrected chi connectivity index (χ4v) is 6.13. The molecule has 0 spiro atoms. The Balaban J connectivity index is 2.00. The third kappa shape index (κ3) is 2.23. The first-order chi connectivity index (χ1) is 9.41. The Hall–Kier alpha value is -1.06. The Morgan fingerprint density at radius 3 is 2.70 bits per heavy atom. The quantitative estimate of drug-likeness (QED) is 0.861. The zero-order valence-electron chi connectivity index (χ0n) is 10.8. The summed E-state index contributed by atoms with van der Waals surface area (Å²) in [6.45, 7) is 0. The van der Waals surface area contributed by atoms with Gasteiger partial charge in [0.15, 0.2) is 5.03 Å². The summed E-state index contributed by atoms with van der Waals surface area (Å²) in [7, 11) is -2.19. The summed E-state index contributed by atoms with van der Waals surface area (Å²) in [6.07, 6.45) is 4.72. The first-order valence-corrected chi connectivity index (χ1v) is 8.76. The topological polar surface area (TPSA) is 92.5 Å². The van der Waals surface area contributed by atoms with Gasteiger partial charge < -0.3 is 9.67 Å². The van der Waals surface area contributed by atoms with Crippen LogP contribution in [0.2, 0.25) is 0 Å². The number of aliphatic carboxylic acids is 1. The molecule has 1 aliphatic heterocycles. The summed E-state index contributed by atoms with van der Waals surface area (Å²) >= 11 is 1.42. The van der Waals surface area contributed by atoms with Crippen LogP contribution in [0.1, 0.15) is 12.8 Å². The van der Waals surface area contributed by atoms with E-state index in [1.807, 2.05) is 0 Å². The van der Waals surface area contributed by atoms with Crippen molar-refractivity contribution >= 4 is 27.8 Å². The van der Waals surface area contributed by atoms with Gasteiger partial charge in [-0.2, -0.15) is 4.31 Å². The first kappa shape index (κ1) is 13.9. The van der Waals surface area contributed by atoms with Crippen molar-refractivity contribution in [2.45, 2.75) is 29.3 Å². The smallest absolute Gasteiger partial charge is 0.322 e. The second-order valence-corrected chi connectivity index (χ2v) is 8.07. The zero-order valence-corrected chi connectivity index (χ0v) is 12.5. The number of carboxylic acids is 1. The molecular weight excluding hydrogens is 302 g/mol. The van der Waals surface area contributed by atoms with Gasteiger partial charge in [0, 0.05) is 19.0 Å². The van der Waals surface area contributed by atoms with Crippen LogP contribution in [-0.4, -0.2) is 50.5 Å². The van der Waals surface area contributed by atoms with Gasteiger partial charge in [-0.25, -0.2) is 13.4 Å². The number of nitrogens with zero attached hydrogens (tertiary/aromatic N) is 3. The van der Waals surface area contributed by atoms with Crippen LogP contribution in [0.25, 0.3) is 0 Å². The van der Waals surface area contributed by atoms with Crippen LogP contribution in [0.5, 0.6) is 0 Å².